The van der Waals surface area contributed by atoms with E-state index in [2.05, 4.69) is 5.10 Å². The quantitative estimate of drug-likeness (QED) is 0.814. The maximum Gasteiger partial charge on any atom is 0.243 e. The number of hydrogen-bond donors (Lipinski definition) is 0. The van der Waals surface area contributed by atoms with Gasteiger partial charge < -0.3 is 0 Å². The van der Waals surface area contributed by atoms with Gasteiger partial charge in [0.05, 0.1) is 10.6 Å². The summed E-state index contributed by atoms with van der Waals surface area (Å²) in [6.07, 6.45) is 7.75. The van der Waals surface area contributed by atoms with Crippen LogP contribution in [0.1, 0.15) is 25.7 Å². The first-order valence-electron chi connectivity index (χ1n) is 7.94. The van der Waals surface area contributed by atoms with Crippen LogP contribution < -0.4 is 0 Å². The standard InChI is InChI=1S/C17H19N3O2S/c21-23(22,19-12-8-15(9-13-19)14-2-3-14)17-6-4-16(5-7-17)20-11-1-10-18-20/h1,4-7,10-11H,2-3,8-9,12-13H2. The normalized spacial score (nSPS) is 19.1. The van der Waals surface area contributed by atoms with E-state index >= 15 is 0 Å². The maximum absolute atomic E-state index is 12.8. The Bertz CT molecular complexity index is 820. The summed E-state index contributed by atoms with van der Waals surface area (Å²) in [5.74, 6) is 0. The highest BCUT2D eigenvalue weighted by Gasteiger charge is 2.29. The van der Waals surface area contributed by atoms with Gasteiger partial charge in [-0.05, 0) is 56.0 Å². The van der Waals surface area contributed by atoms with Crippen LogP contribution in [0.3, 0.4) is 0 Å². The van der Waals surface area contributed by atoms with E-state index in [-0.39, 0.29) is 0 Å². The van der Waals surface area contributed by atoms with Crippen LogP contribution >= 0.6 is 0 Å². The number of rotatable bonds is 3. The van der Waals surface area contributed by atoms with E-state index in [4.69, 9.17) is 0 Å². The molecule has 0 atom stereocenters. The van der Waals surface area contributed by atoms with Gasteiger partial charge in [-0.15, -0.1) is 0 Å². The number of nitrogens with zero attached hydrogens (tertiary/aromatic N) is 3. The molecule has 1 aromatic carbocycles. The zero-order valence-electron chi connectivity index (χ0n) is 12.9. The van der Waals surface area contributed by atoms with Crippen LogP contribution in [-0.2, 0) is 10.0 Å². The Morgan fingerprint density at radius 1 is 0.913 bits per heavy atom. The lowest BCUT2D eigenvalue weighted by molar-refractivity contribution is 0.386. The summed E-state index contributed by atoms with van der Waals surface area (Å²) in [6.45, 7) is 1.20. The average molecular weight is 329 g/mol. The maximum atomic E-state index is 12.8. The summed E-state index contributed by atoms with van der Waals surface area (Å²) in [4.78, 5) is 0.357. The Morgan fingerprint density at radius 2 is 1.57 bits per heavy atom. The number of benzene rings is 1. The Balaban J connectivity index is 1.53. The summed E-state index contributed by atoms with van der Waals surface area (Å²) in [5, 5.41) is 4.15. The zero-order valence-corrected chi connectivity index (χ0v) is 13.7. The van der Waals surface area contributed by atoms with Crippen molar-refractivity contribution in [1.29, 1.82) is 0 Å². The molecule has 4 rings (SSSR count). The molecule has 120 valence electrons. The van der Waals surface area contributed by atoms with Gasteiger partial charge in [0.25, 0.3) is 0 Å². The fraction of sp³-hybridized carbons (Fsp3) is 0.353. The molecule has 2 aromatic rings. The highest BCUT2D eigenvalue weighted by atomic mass is 32.2. The third-order valence-corrected chi connectivity index (χ3v) is 6.48. The third-order valence-electron chi connectivity index (χ3n) is 4.57. The smallest absolute Gasteiger partial charge is 0.241 e. The fourth-order valence-corrected chi connectivity index (χ4v) is 4.55. The Hall–Kier alpha value is -1.92. The minimum Gasteiger partial charge on any atom is -0.241 e. The molecule has 0 unspecified atom stereocenters. The fourth-order valence-electron chi connectivity index (χ4n) is 3.11. The number of piperidine rings is 1. The molecule has 5 nitrogen and oxygen atoms in total. The van der Waals surface area contributed by atoms with Crippen LogP contribution in [-0.4, -0.2) is 35.6 Å². The Labute approximate surface area is 136 Å². The van der Waals surface area contributed by atoms with Gasteiger partial charge in [-0.3, -0.25) is 0 Å². The molecule has 1 saturated carbocycles. The van der Waals surface area contributed by atoms with E-state index in [9.17, 15) is 8.42 Å². The second-order valence-corrected chi connectivity index (χ2v) is 7.99. The third kappa shape index (κ3) is 2.84. The molecule has 1 aliphatic heterocycles. The van der Waals surface area contributed by atoms with Gasteiger partial charge in [0.15, 0.2) is 0 Å². The molecule has 0 N–H and O–H groups in total. The summed E-state index contributed by atoms with van der Waals surface area (Å²) < 4.78 is 28.9. The van der Waals surface area contributed by atoms with Gasteiger partial charge in [0, 0.05) is 25.5 Å². The minimum atomic E-state index is -3.40. The summed E-state index contributed by atoms with van der Waals surface area (Å²) in [5.41, 5.74) is 3.91. The van der Waals surface area contributed by atoms with Crippen molar-refractivity contribution in [2.75, 3.05) is 13.1 Å². The van der Waals surface area contributed by atoms with Crippen molar-refractivity contribution in [3.63, 3.8) is 0 Å². The van der Waals surface area contributed by atoms with Crippen molar-refractivity contribution in [2.45, 2.75) is 30.6 Å². The van der Waals surface area contributed by atoms with Crippen LogP contribution in [0.15, 0.2) is 58.8 Å². The zero-order chi connectivity index (χ0) is 15.9. The van der Waals surface area contributed by atoms with E-state index in [1.165, 1.54) is 18.4 Å². The minimum absolute atomic E-state index is 0.357. The van der Waals surface area contributed by atoms with Gasteiger partial charge in [0.2, 0.25) is 10.0 Å². The predicted molar refractivity (Wildman–Crippen MR) is 87.8 cm³/mol. The Morgan fingerprint density at radius 3 is 2.13 bits per heavy atom. The molecule has 0 amide bonds. The lowest BCUT2D eigenvalue weighted by atomic mass is 10.1. The van der Waals surface area contributed by atoms with Crippen LogP contribution in [0.5, 0.6) is 0 Å². The molecule has 0 spiro atoms. The van der Waals surface area contributed by atoms with E-state index in [1.54, 1.807) is 45.0 Å². The second-order valence-electron chi connectivity index (χ2n) is 6.06. The van der Waals surface area contributed by atoms with Crippen LogP contribution in [0.25, 0.3) is 5.69 Å². The SMILES string of the molecule is O=S(=O)(c1ccc(-n2cccn2)cc1)N1CCC(=C2CC2)CC1. The van der Waals surface area contributed by atoms with Crippen molar-refractivity contribution >= 4 is 10.0 Å². The highest BCUT2D eigenvalue weighted by molar-refractivity contribution is 7.89. The molecule has 2 fully saturated rings. The van der Waals surface area contributed by atoms with E-state index in [0.717, 1.165) is 18.5 Å². The summed E-state index contributed by atoms with van der Waals surface area (Å²) in [6, 6.07) is 8.76. The first-order chi connectivity index (χ1) is 11.1. The summed E-state index contributed by atoms with van der Waals surface area (Å²) >= 11 is 0. The van der Waals surface area contributed by atoms with Crippen LogP contribution in [0.4, 0.5) is 0 Å². The van der Waals surface area contributed by atoms with E-state index < -0.39 is 10.0 Å². The van der Waals surface area contributed by atoms with Crippen molar-refractivity contribution in [3.05, 3.63) is 53.9 Å². The van der Waals surface area contributed by atoms with Gasteiger partial charge in [-0.2, -0.15) is 9.40 Å². The molecule has 1 aliphatic carbocycles. The molecule has 6 heteroatoms. The molecule has 0 radical (unpaired) electrons. The molecular weight excluding hydrogens is 310 g/mol. The largest absolute Gasteiger partial charge is 0.243 e. The van der Waals surface area contributed by atoms with E-state index in [1.807, 2.05) is 12.3 Å². The van der Waals surface area contributed by atoms with Gasteiger partial charge >= 0.3 is 0 Å². The van der Waals surface area contributed by atoms with Crippen molar-refractivity contribution in [1.82, 2.24) is 14.1 Å². The average Bonchev–Trinajstić information content (AvgIpc) is 3.29. The monoisotopic (exact) mass is 329 g/mol. The first-order valence-corrected chi connectivity index (χ1v) is 9.38. The highest BCUT2D eigenvalue weighted by Crippen LogP contribution is 2.36. The van der Waals surface area contributed by atoms with Crippen molar-refractivity contribution < 1.29 is 8.42 Å². The van der Waals surface area contributed by atoms with Crippen LogP contribution in [0, 0.1) is 0 Å². The molecular formula is C17H19N3O2S. The predicted octanol–water partition coefficient (Wildman–Crippen LogP) is 2.75. The van der Waals surface area contributed by atoms with Gasteiger partial charge in [0.1, 0.15) is 0 Å². The molecule has 0 bridgehead atoms. The number of sulfonamides is 1. The van der Waals surface area contributed by atoms with E-state index in [0.29, 0.717) is 18.0 Å². The van der Waals surface area contributed by atoms with Crippen molar-refractivity contribution in [2.24, 2.45) is 0 Å². The topological polar surface area (TPSA) is 55.2 Å². The van der Waals surface area contributed by atoms with Crippen LogP contribution in [0.2, 0.25) is 0 Å². The number of hydrogen-bond acceptors (Lipinski definition) is 3. The van der Waals surface area contributed by atoms with Gasteiger partial charge in [-0.1, -0.05) is 11.1 Å². The summed E-state index contributed by atoms with van der Waals surface area (Å²) in [7, 11) is -3.40. The molecule has 2 aliphatic rings. The molecule has 2 heterocycles. The Kier molecular flexibility index (Phi) is 3.58. The number of aromatic nitrogens is 2. The number of allylic oxidation sites excluding steroid dienone is 1. The first kappa shape index (κ1) is 14.7. The molecule has 1 aromatic heterocycles. The van der Waals surface area contributed by atoms with Gasteiger partial charge in [-0.25, -0.2) is 13.1 Å². The lowest BCUT2D eigenvalue weighted by Crippen LogP contribution is -2.36. The molecule has 1 saturated heterocycles. The lowest BCUT2D eigenvalue weighted by Gasteiger charge is -2.27. The van der Waals surface area contributed by atoms with Crippen molar-refractivity contribution in [3.8, 4) is 5.69 Å². The molecule has 23 heavy (non-hydrogen) atoms. The second kappa shape index (κ2) is 5.62.